The maximum absolute atomic E-state index is 6.12. The van der Waals surface area contributed by atoms with Crippen molar-refractivity contribution in [1.82, 2.24) is 0 Å². The molecule has 2 heteroatoms. The second-order valence-electron chi connectivity index (χ2n) is 3.87. The SMILES string of the molecule is CC(=NCc1ccccc1)c1ccccc1Cl. The van der Waals surface area contributed by atoms with Crippen molar-refractivity contribution in [2.24, 2.45) is 4.99 Å². The van der Waals surface area contributed by atoms with E-state index >= 15 is 0 Å². The highest BCUT2D eigenvalue weighted by Gasteiger charge is 2.01. The predicted molar refractivity (Wildman–Crippen MR) is 73.8 cm³/mol. The van der Waals surface area contributed by atoms with Gasteiger partial charge in [0.2, 0.25) is 0 Å². The molecule has 17 heavy (non-hydrogen) atoms. The van der Waals surface area contributed by atoms with Gasteiger partial charge in [-0.2, -0.15) is 0 Å². The van der Waals surface area contributed by atoms with E-state index in [4.69, 9.17) is 11.6 Å². The monoisotopic (exact) mass is 243 g/mol. The highest BCUT2D eigenvalue weighted by Crippen LogP contribution is 2.16. The van der Waals surface area contributed by atoms with E-state index in [2.05, 4.69) is 17.1 Å². The Morgan fingerprint density at radius 1 is 1.00 bits per heavy atom. The summed E-state index contributed by atoms with van der Waals surface area (Å²) in [7, 11) is 0. The summed E-state index contributed by atoms with van der Waals surface area (Å²) in [4.78, 5) is 4.56. The lowest BCUT2D eigenvalue weighted by molar-refractivity contribution is 1.06. The zero-order chi connectivity index (χ0) is 12.1. The Balaban J connectivity index is 2.16. The molecule has 0 saturated heterocycles. The first kappa shape index (κ1) is 11.9. The predicted octanol–water partition coefficient (Wildman–Crippen LogP) is 4.35. The number of nitrogens with zero attached hydrogens (tertiary/aromatic N) is 1. The summed E-state index contributed by atoms with van der Waals surface area (Å²) in [5, 5.41) is 0.752. The Kier molecular flexibility index (Phi) is 3.94. The summed E-state index contributed by atoms with van der Waals surface area (Å²) < 4.78 is 0. The molecule has 0 bridgehead atoms. The van der Waals surface area contributed by atoms with Gasteiger partial charge in [-0.3, -0.25) is 4.99 Å². The molecule has 2 rings (SSSR count). The Labute approximate surface area is 107 Å². The number of benzene rings is 2. The number of aliphatic imine (C=N–C) groups is 1. The quantitative estimate of drug-likeness (QED) is 0.711. The van der Waals surface area contributed by atoms with Crippen molar-refractivity contribution < 1.29 is 0 Å². The topological polar surface area (TPSA) is 12.4 Å². The molecular weight excluding hydrogens is 230 g/mol. The van der Waals surface area contributed by atoms with Gasteiger partial charge in [0.25, 0.3) is 0 Å². The first-order valence-electron chi connectivity index (χ1n) is 5.57. The van der Waals surface area contributed by atoms with E-state index in [1.54, 1.807) is 0 Å². The Morgan fingerprint density at radius 2 is 1.65 bits per heavy atom. The molecule has 0 aliphatic rings. The highest BCUT2D eigenvalue weighted by atomic mass is 35.5. The average Bonchev–Trinajstić information content (AvgIpc) is 2.38. The standard InChI is InChI=1S/C15H14ClN/c1-12(14-9-5-6-10-15(14)16)17-11-13-7-3-2-4-8-13/h2-10H,11H2,1H3. The first-order valence-corrected chi connectivity index (χ1v) is 5.95. The van der Waals surface area contributed by atoms with Crippen LogP contribution in [0.3, 0.4) is 0 Å². The number of hydrogen-bond donors (Lipinski definition) is 0. The molecule has 0 saturated carbocycles. The van der Waals surface area contributed by atoms with Gasteiger partial charge in [-0.15, -0.1) is 0 Å². The maximum Gasteiger partial charge on any atom is 0.0643 e. The van der Waals surface area contributed by atoms with Crippen molar-refractivity contribution in [2.75, 3.05) is 0 Å². The minimum absolute atomic E-state index is 0.692. The lowest BCUT2D eigenvalue weighted by Crippen LogP contribution is -1.96. The molecule has 0 aliphatic heterocycles. The Morgan fingerprint density at radius 3 is 2.35 bits per heavy atom. The molecule has 86 valence electrons. The maximum atomic E-state index is 6.12. The van der Waals surface area contributed by atoms with Crippen LogP contribution in [-0.4, -0.2) is 5.71 Å². The summed E-state index contributed by atoms with van der Waals surface area (Å²) >= 11 is 6.12. The van der Waals surface area contributed by atoms with Crippen LogP contribution >= 0.6 is 11.6 Å². The molecule has 2 aromatic rings. The van der Waals surface area contributed by atoms with Gasteiger partial charge in [-0.25, -0.2) is 0 Å². The second-order valence-corrected chi connectivity index (χ2v) is 4.27. The van der Waals surface area contributed by atoms with Crippen LogP contribution < -0.4 is 0 Å². The molecule has 0 aliphatic carbocycles. The Bertz CT molecular complexity index is 517. The molecule has 1 nitrogen and oxygen atoms in total. The molecule has 0 radical (unpaired) electrons. The lowest BCUT2D eigenvalue weighted by Gasteiger charge is -2.03. The van der Waals surface area contributed by atoms with Gasteiger partial charge in [-0.05, 0) is 18.6 Å². The van der Waals surface area contributed by atoms with Crippen molar-refractivity contribution in [2.45, 2.75) is 13.5 Å². The molecule has 0 atom stereocenters. The van der Waals surface area contributed by atoms with Gasteiger partial charge in [0, 0.05) is 16.3 Å². The van der Waals surface area contributed by atoms with Crippen LogP contribution in [-0.2, 0) is 6.54 Å². The smallest absolute Gasteiger partial charge is 0.0643 e. The van der Waals surface area contributed by atoms with Crippen LogP contribution in [0.5, 0.6) is 0 Å². The summed E-state index contributed by atoms with van der Waals surface area (Å²) in [6, 6.07) is 18.0. The van der Waals surface area contributed by atoms with E-state index in [9.17, 15) is 0 Å². The summed E-state index contributed by atoms with van der Waals surface area (Å²) in [5.74, 6) is 0. The van der Waals surface area contributed by atoms with Crippen LogP contribution in [0, 0.1) is 0 Å². The van der Waals surface area contributed by atoms with Crippen molar-refractivity contribution >= 4 is 17.3 Å². The van der Waals surface area contributed by atoms with Crippen LogP contribution in [0.4, 0.5) is 0 Å². The van der Waals surface area contributed by atoms with E-state index in [0.717, 1.165) is 16.3 Å². The van der Waals surface area contributed by atoms with Crippen molar-refractivity contribution in [3.63, 3.8) is 0 Å². The number of rotatable bonds is 3. The van der Waals surface area contributed by atoms with Gasteiger partial charge in [0.15, 0.2) is 0 Å². The average molecular weight is 244 g/mol. The fourth-order valence-electron chi connectivity index (χ4n) is 1.63. The van der Waals surface area contributed by atoms with Gasteiger partial charge < -0.3 is 0 Å². The minimum Gasteiger partial charge on any atom is -0.285 e. The van der Waals surface area contributed by atoms with Gasteiger partial charge in [-0.1, -0.05) is 60.1 Å². The first-order chi connectivity index (χ1) is 8.27. The third-order valence-corrected chi connectivity index (χ3v) is 2.93. The van der Waals surface area contributed by atoms with Crippen LogP contribution in [0.1, 0.15) is 18.1 Å². The summed E-state index contributed by atoms with van der Waals surface area (Å²) in [6.07, 6.45) is 0. The fraction of sp³-hybridized carbons (Fsp3) is 0.133. The largest absolute Gasteiger partial charge is 0.285 e. The number of hydrogen-bond acceptors (Lipinski definition) is 1. The third kappa shape index (κ3) is 3.18. The van der Waals surface area contributed by atoms with E-state index in [1.807, 2.05) is 49.4 Å². The van der Waals surface area contributed by atoms with Gasteiger partial charge >= 0.3 is 0 Å². The van der Waals surface area contributed by atoms with Crippen LogP contribution in [0.2, 0.25) is 5.02 Å². The van der Waals surface area contributed by atoms with Crippen molar-refractivity contribution in [1.29, 1.82) is 0 Å². The summed E-state index contributed by atoms with van der Waals surface area (Å²) in [6.45, 7) is 2.68. The molecule has 0 spiro atoms. The van der Waals surface area contributed by atoms with Crippen molar-refractivity contribution in [3.05, 3.63) is 70.7 Å². The van der Waals surface area contributed by atoms with Gasteiger partial charge in [0.05, 0.1) is 6.54 Å². The molecule has 0 N–H and O–H groups in total. The fourth-order valence-corrected chi connectivity index (χ4v) is 1.91. The molecule has 0 aromatic heterocycles. The van der Waals surface area contributed by atoms with Gasteiger partial charge in [0.1, 0.15) is 0 Å². The minimum atomic E-state index is 0.692. The van der Waals surface area contributed by atoms with E-state index < -0.39 is 0 Å². The lowest BCUT2D eigenvalue weighted by atomic mass is 10.1. The molecule has 2 aromatic carbocycles. The molecule has 0 amide bonds. The summed E-state index contributed by atoms with van der Waals surface area (Å²) in [5.41, 5.74) is 3.18. The van der Waals surface area contributed by atoms with Crippen LogP contribution in [0.15, 0.2) is 59.6 Å². The zero-order valence-corrected chi connectivity index (χ0v) is 10.5. The second kappa shape index (κ2) is 5.65. The molecule has 0 fully saturated rings. The Hall–Kier alpha value is -1.60. The zero-order valence-electron chi connectivity index (χ0n) is 9.73. The molecular formula is C15H14ClN. The van der Waals surface area contributed by atoms with E-state index in [0.29, 0.717) is 6.54 Å². The molecule has 0 unspecified atom stereocenters. The van der Waals surface area contributed by atoms with E-state index in [1.165, 1.54) is 5.56 Å². The number of halogens is 1. The third-order valence-electron chi connectivity index (χ3n) is 2.61. The normalized spacial score (nSPS) is 11.5. The van der Waals surface area contributed by atoms with E-state index in [-0.39, 0.29) is 0 Å². The van der Waals surface area contributed by atoms with Crippen LogP contribution in [0.25, 0.3) is 0 Å². The highest BCUT2D eigenvalue weighted by molar-refractivity contribution is 6.34. The van der Waals surface area contributed by atoms with Crippen molar-refractivity contribution in [3.8, 4) is 0 Å². The molecule has 0 heterocycles.